The first-order valence-electron chi connectivity index (χ1n) is 3.32. The second-order valence-corrected chi connectivity index (χ2v) is 5.39. The molecule has 0 aromatic carbocycles. The second-order valence-electron chi connectivity index (χ2n) is 2.52. The molecule has 0 aromatic rings. The van der Waals surface area contributed by atoms with Gasteiger partial charge in [0.1, 0.15) is 0 Å². The molecule has 0 aliphatic carbocycles. The number of hydrogen-bond donors (Lipinski definition) is 4. The van der Waals surface area contributed by atoms with Gasteiger partial charge in [-0.2, -0.15) is 11.8 Å². The summed E-state index contributed by atoms with van der Waals surface area (Å²) >= 11 is 1.28. The van der Waals surface area contributed by atoms with Gasteiger partial charge in [0.25, 0.3) is 0 Å². The van der Waals surface area contributed by atoms with Crippen molar-refractivity contribution in [3.05, 3.63) is 0 Å². The zero-order valence-electron chi connectivity index (χ0n) is 7.01. The maximum Gasteiger partial charge on any atom is 0.356 e. The van der Waals surface area contributed by atoms with Crippen LogP contribution >= 0.6 is 19.4 Å². The van der Waals surface area contributed by atoms with Crippen LogP contribution in [0.4, 0.5) is 0 Å². The van der Waals surface area contributed by atoms with E-state index in [1.54, 1.807) is 6.26 Å². The van der Waals surface area contributed by atoms with Crippen molar-refractivity contribution in [2.45, 2.75) is 11.7 Å². The Kier molecular flexibility index (Phi) is 4.41. The van der Waals surface area contributed by atoms with Gasteiger partial charge < -0.3 is 20.6 Å². The molecule has 0 heterocycles. The lowest BCUT2D eigenvalue weighted by molar-refractivity contribution is -0.140. The van der Waals surface area contributed by atoms with Crippen LogP contribution in [-0.2, 0) is 9.36 Å². The molecule has 0 bridgehead atoms. The molecule has 5 N–H and O–H groups in total. The minimum atomic E-state index is -4.81. The van der Waals surface area contributed by atoms with E-state index in [0.29, 0.717) is 0 Å². The van der Waals surface area contributed by atoms with E-state index in [-0.39, 0.29) is 12.2 Å². The lowest BCUT2D eigenvalue weighted by Gasteiger charge is -2.24. The van der Waals surface area contributed by atoms with Gasteiger partial charge in [0.05, 0.1) is 0 Å². The summed E-state index contributed by atoms with van der Waals surface area (Å²) in [5.74, 6) is -1.39. The molecule has 0 aliphatic heterocycles. The van der Waals surface area contributed by atoms with Gasteiger partial charge in [0.2, 0.25) is 5.28 Å². The Morgan fingerprint density at radius 3 is 2.31 bits per heavy atom. The summed E-state index contributed by atoms with van der Waals surface area (Å²) in [5.41, 5.74) is 5.13. The molecule has 1 unspecified atom stereocenters. The average molecular weight is 229 g/mol. The van der Waals surface area contributed by atoms with Crippen LogP contribution in [0.25, 0.3) is 0 Å². The Morgan fingerprint density at radius 1 is 1.62 bits per heavy atom. The zero-order valence-corrected chi connectivity index (χ0v) is 8.72. The van der Waals surface area contributed by atoms with E-state index < -0.39 is 18.8 Å². The topological polar surface area (TPSA) is 121 Å². The molecule has 13 heavy (non-hydrogen) atoms. The van der Waals surface area contributed by atoms with Crippen molar-refractivity contribution < 1.29 is 24.3 Å². The molecule has 0 rings (SSSR count). The first-order valence-corrected chi connectivity index (χ1v) is 6.33. The monoisotopic (exact) mass is 229 g/mol. The normalized spacial score (nSPS) is 16.6. The van der Waals surface area contributed by atoms with Crippen molar-refractivity contribution in [1.82, 2.24) is 0 Å². The van der Waals surface area contributed by atoms with E-state index >= 15 is 0 Å². The van der Waals surface area contributed by atoms with Crippen molar-refractivity contribution in [3.8, 4) is 0 Å². The summed E-state index contributed by atoms with van der Waals surface area (Å²) < 4.78 is 10.8. The summed E-state index contributed by atoms with van der Waals surface area (Å²) in [6.45, 7) is 0. The quantitative estimate of drug-likeness (QED) is 0.475. The standard InChI is InChI=1S/C5H12NO5PS/c1-13-3-2-5(6,4(7)8)12(9,10)11/h2-3,6H2,1H3,(H,7,8)(H2,9,10,11). The number of hydrogen-bond acceptors (Lipinski definition) is 4. The van der Waals surface area contributed by atoms with Gasteiger partial charge in [0, 0.05) is 0 Å². The van der Waals surface area contributed by atoms with Gasteiger partial charge in [-0.1, -0.05) is 0 Å². The molecular formula is C5H12NO5PS. The lowest BCUT2D eigenvalue weighted by Crippen LogP contribution is -2.48. The third-order valence-electron chi connectivity index (χ3n) is 1.58. The van der Waals surface area contributed by atoms with Gasteiger partial charge >= 0.3 is 13.6 Å². The minimum absolute atomic E-state index is 0.256. The van der Waals surface area contributed by atoms with Gasteiger partial charge in [-0.25, -0.2) is 4.79 Å². The Labute approximate surface area is 79.7 Å². The molecule has 0 fully saturated rings. The molecule has 8 heteroatoms. The predicted molar refractivity (Wildman–Crippen MR) is 49.6 cm³/mol. The molecule has 78 valence electrons. The van der Waals surface area contributed by atoms with Gasteiger partial charge in [-0.15, -0.1) is 0 Å². The molecule has 0 spiro atoms. The maximum atomic E-state index is 10.8. The second kappa shape index (κ2) is 4.43. The van der Waals surface area contributed by atoms with E-state index in [1.807, 2.05) is 0 Å². The van der Waals surface area contributed by atoms with Crippen molar-refractivity contribution in [2.75, 3.05) is 12.0 Å². The fourth-order valence-electron chi connectivity index (χ4n) is 0.635. The highest BCUT2D eigenvalue weighted by Crippen LogP contribution is 2.49. The first-order chi connectivity index (χ1) is 5.75. The molecule has 6 nitrogen and oxygen atoms in total. The van der Waals surface area contributed by atoms with E-state index in [9.17, 15) is 9.36 Å². The molecular weight excluding hydrogens is 217 g/mol. The third kappa shape index (κ3) is 2.96. The summed E-state index contributed by atoms with van der Waals surface area (Å²) in [6.07, 6.45) is 1.44. The Balaban J connectivity index is 4.75. The van der Waals surface area contributed by atoms with Crippen LogP contribution < -0.4 is 5.73 Å². The molecule has 1 atom stereocenters. The van der Waals surface area contributed by atoms with Gasteiger partial charge in [0.15, 0.2) is 0 Å². The smallest absolute Gasteiger partial charge is 0.356 e. The molecule has 0 aliphatic rings. The van der Waals surface area contributed by atoms with Crippen LogP contribution in [0.15, 0.2) is 0 Å². The highest BCUT2D eigenvalue weighted by molar-refractivity contribution is 7.98. The molecule has 0 amide bonds. The largest absolute Gasteiger partial charge is 0.479 e. The predicted octanol–water partition coefficient (Wildman–Crippen LogP) is -0.343. The van der Waals surface area contributed by atoms with Crippen LogP contribution in [0.2, 0.25) is 0 Å². The Bertz CT molecular complexity index is 241. The third-order valence-corrected chi connectivity index (χ3v) is 3.64. The summed E-state index contributed by atoms with van der Waals surface area (Å²) in [5, 5.41) is 6.12. The summed E-state index contributed by atoms with van der Waals surface area (Å²) in [6, 6.07) is 0. The summed E-state index contributed by atoms with van der Waals surface area (Å²) in [4.78, 5) is 28.0. The fourth-order valence-corrected chi connectivity index (χ4v) is 1.96. The molecule has 0 radical (unpaired) electrons. The van der Waals surface area contributed by atoms with Crippen LogP contribution in [0.3, 0.4) is 0 Å². The molecule has 0 saturated heterocycles. The Morgan fingerprint density at radius 2 is 2.08 bits per heavy atom. The SMILES string of the molecule is CSCCC(N)(C(=O)O)P(=O)(O)O. The number of nitrogens with two attached hydrogens (primary N) is 1. The van der Waals surface area contributed by atoms with Crippen molar-refractivity contribution in [3.63, 3.8) is 0 Å². The highest BCUT2D eigenvalue weighted by atomic mass is 32.2. The zero-order chi connectivity index (χ0) is 10.7. The first kappa shape index (κ1) is 12.9. The maximum absolute atomic E-state index is 10.8. The average Bonchev–Trinajstić information content (AvgIpc) is 1.97. The number of carboxylic acids is 1. The van der Waals surface area contributed by atoms with Crippen LogP contribution in [0, 0.1) is 0 Å². The van der Waals surface area contributed by atoms with Crippen molar-refractivity contribution in [2.24, 2.45) is 5.73 Å². The van der Waals surface area contributed by atoms with E-state index in [4.69, 9.17) is 20.6 Å². The van der Waals surface area contributed by atoms with Crippen molar-refractivity contribution >= 4 is 25.3 Å². The minimum Gasteiger partial charge on any atom is -0.479 e. The number of carbonyl (C=O) groups is 1. The lowest BCUT2D eigenvalue weighted by atomic mass is 10.2. The van der Waals surface area contributed by atoms with Crippen LogP contribution in [0.1, 0.15) is 6.42 Å². The highest BCUT2D eigenvalue weighted by Gasteiger charge is 2.50. The van der Waals surface area contributed by atoms with Crippen molar-refractivity contribution in [1.29, 1.82) is 0 Å². The van der Waals surface area contributed by atoms with E-state index in [0.717, 1.165) is 0 Å². The fraction of sp³-hybridized carbons (Fsp3) is 0.800. The summed E-state index contributed by atoms with van der Waals surface area (Å²) in [7, 11) is -4.81. The van der Waals surface area contributed by atoms with Crippen LogP contribution in [-0.4, -0.2) is 38.2 Å². The van der Waals surface area contributed by atoms with Gasteiger partial charge in [-0.3, -0.25) is 4.57 Å². The Hall–Kier alpha value is -0.0700. The molecule has 0 saturated carbocycles. The number of thioether (sulfide) groups is 1. The number of rotatable bonds is 5. The van der Waals surface area contributed by atoms with Gasteiger partial charge in [-0.05, 0) is 18.4 Å². The molecule has 0 aromatic heterocycles. The number of carboxylic acid groups (broad SMARTS) is 1. The van der Waals surface area contributed by atoms with Crippen LogP contribution in [0.5, 0.6) is 0 Å². The number of aliphatic carboxylic acids is 1. The van der Waals surface area contributed by atoms with E-state index in [1.165, 1.54) is 11.8 Å². The van der Waals surface area contributed by atoms with E-state index in [2.05, 4.69) is 0 Å².